The second kappa shape index (κ2) is 8.73. The molecule has 0 saturated heterocycles. The maximum absolute atomic E-state index is 12.1. The zero-order valence-electron chi connectivity index (χ0n) is 14.8. The maximum atomic E-state index is 12.1. The molecule has 0 aromatic heterocycles. The normalized spacial score (nSPS) is 10.9. The smallest absolute Gasteiger partial charge is 0.240 e. The first-order valence-electron chi connectivity index (χ1n) is 7.62. The first-order valence-corrected chi connectivity index (χ1v) is 8.61. The average Bonchev–Trinajstić information content (AvgIpc) is 2.43. The van der Waals surface area contributed by atoms with Crippen LogP contribution >= 0.6 is 11.8 Å². The highest BCUT2D eigenvalue weighted by molar-refractivity contribution is 8.00. The van der Waals surface area contributed by atoms with E-state index in [4.69, 9.17) is 0 Å². The van der Waals surface area contributed by atoms with Crippen molar-refractivity contribution in [1.29, 1.82) is 0 Å². The number of carbonyl (C=O) groups excluding carboxylic acids is 3. The maximum Gasteiger partial charge on any atom is 0.240 e. The van der Waals surface area contributed by atoms with Gasteiger partial charge in [0.2, 0.25) is 17.7 Å². The molecule has 0 spiro atoms. The number of amides is 3. The van der Waals surface area contributed by atoms with E-state index in [-0.39, 0.29) is 35.6 Å². The third-order valence-corrected chi connectivity index (χ3v) is 3.85. The van der Waals surface area contributed by atoms with Crippen molar-refractivity contribution in [3.05, 3.63) is 24.3 Å². The van der Waals surface area contributed by atoms with Gasteiger partial charge in [-0.3, -0.25) is 14.4 Å². The van der Waals surface area contributed by atoms with E-state index in [2.05, 4.69) is 10.6 Å². The van der Waals surface area contributed by atoms with E-state index >= 15 is 0 Å². The molecule has 0 radical (unpaired) electrons. The van der Waals surface area contributed by atoms with Crippen molar-refractivity contribution in [2.45, 2.75) is 38.1 Å². The zero-order valence-corrected chi connectivity index (χ0v) is 15.6. The molecule has 0 atom stereocenters. The Kier molecular flexibility index (Phi) is 7.28. The van der Waals surface area contributed by atoms with Crippen LogP contribution < -0.4 is 10.6 Å². The molecule has 1 rings (SSSR count). The number of nitrogens with one attached hydrogen (secondary N) is 2. The summed E-state index contributed by atoms with van der Waals surface area (Å²) in [6.45, 7) is 7.18. The minimum absolute atomic E-state index is 0.0398. The van der Waals surface area contributed by atoms with Gasteiger partial charge in [-0.2, -0.15) is 0 Å². The SMILES string of the molecule is CC(=O)Nc1ccc(SCC(=O)N(C)CC(=O)NC(C)(C)C)cc1. The largest absolute Gasteiger partial charge is 0.350 e. The van der Waals surface area contributed by atoms with Crippen LogP contribution in [0.25, 0.3) is 0 Å². The molecule has 0 aliphatic heterocycles. The summed E-state index contributed by atoms with van der Waals surface area (Å²) in [4.78, 5) is 37.2. The number of benzene rings is 1. The Morgan fingerprint density at radius 3 is 2.21 bits per heavy atom. The van der Waals surface area contributed by atoms with Crippen molar-refractivity contribution in [1.82, 2.24) is 10.2 Å². The lowest BCUT2D eigenvalue weighted by molar-refractivity contribution is -0.133. The predicted molar refractivity (Wildman–Crippen MR) is 97.0 cm³/mol. The lowest BCUT2D eigenvalue weighted by Crippen LogP contribution is -2.46. The van der Waals surface area contributed by atoms with Crippen LogP contribution in [-0.4, -0.2) is 47.5 Å². The molecule has 132 valence electrons. The summed E-state index contributed by atoms with van der Waals surface area (Å²) in [7, 11) is 1.62. The first kappa shape index (κ1) is 20.0. The van der Waals surface area contributed by atoms with Crippen LogP contribution in [0.3, 0.4) is 0 Å². The van der Waals surface area contributed by atoms with Gasteiger partial charge >= 0.3 is 0 Å². The van der Waals surface area contributed by atoms with E-state index in [9.17, 15) is 14.4 Å². The summed E-state index contributed by atoms with van der Waals surface area (Å²) in [6.07, 6.45) is 0. The molecule has 0 heterocycles. The van der Waals surface area contributed by atoms with Crippen LogP contribution in [-0.2, 0) is 14.4 Å². The van der Waals surface area contributed by atoms with Crippen LogP contribution in [0, 0.1) is 0 Å². The van der Waals surface area contributed by atoms with Crippen LogP contribution in [0.1, 0.15) is 27.7 Å². The Morgan fingerprint density at radius 1 is 1.12 bits per heavy atom. The second-order valence-corrected chi connectivity index (χ2v) is 7.59. The van der Waals surface area contributed by atoms with Crippen molar-refractivity contribution >= 4 is 35.2 Å². The van der Waals surface area contributed by atoms with Gasteiger partial charge in [0, 0.05) is 30.1 Å². The lowest BCUT2D eigenvalue weighted by Gasteiger charge is -2.23. The molecule has 1 aromatic rings. The molecule has 0 aliphatic rings. The quantitative estimate of drug-likeness (QED) is 0.770. The third-order valence-electron chi connectivity index (χ3n) is 2.86. The molecule has 2 N–H and O–H groups in total. The molecule has 0 saturated carbocycles. The minimum atomic E-state index is -0.314. The Bertz CT molecular complexity index is 594. The monoisotopic (exact) mass is 351 g/mol. The minimum Gasteiger partial charge on any atom is -0.350 e. The molecule has 1 aromatic carbocycles. The number of nitrogens with zero attached hydrogens (tertiary/aromatic N) is 1. The number of hydrogen-bond acceptors (Lipinski definition) is 4. The van der Waals surface area contributed by atoms with E-state index in [1.165, 1.54) is 23.6 Å². The van der Waals surface area contributed by atoms with Crippen LogP contribution in [0.2, 0.25) is 0 Å². The second-order valence-electron chi connectivity index (χ2n) is 6.54. The molecule has 0 bridgehead atoms. The Balaban J connectivity index is 2.44. The van der Waals surface area contributed by atoms with Gasteiger partial charge < -0.3 is 15.5 Å². The van der Waals surface area contributed by atoms with Crippen molar-refractivity contribution < 1.29 is 14.4 Å². The fourth-order valence-electron chi connectivity index (χ4n) is 1.85. The predicted octanol–water partition coefficient (Wildman–Crippen LogP) is 2.11. The highest BCUT2D eigenvalue weighted by Crippen LogP contribution is 2.20. The Morgan fingerprint density at radius 2 is 1.71 bits per heavy atom. The van der Waals surface area contributed by atoms with Crippen molar-refractivity contribution in [2.24, 2.45) is 0 Å². The summed E-state index contributed by atoms with van der Waals surface area (Å²) in [5, 5.41) is 5.51. The fraction of sp³-hybridized carbons (Fsp3) is 0.471. The number of likely N-dealkylation sites (N-methyl/N-ethyl adjacent to an activating group) is 1. The van der Waals surface area contributed by atoms with Gasteiger partial charge in [-0.05, 0) is 45.0 Å². The lowest BCUT2D eigenvalue weighted by atomic mass is 10.1. The topological polar surface area (TPSA) is 78.5 Å². The van der Waals surface area contributed by atoms with Crippen LogP contribution in [0.5, 0.6) is 0 Å². The molecule has 3 amide bonds. The standard InChI is InChI=1S/C17H25N3O3S/c1-12(21)18-13-6-8-14(9-7-13)24-11-16(23)20(5)10-15(22)19-17(2,3)4/h6-9H,10-11H2,1-5H3,(H,18,21)(H,19,22). The Hall–Kier alpha value is -2.02. The summed E-state index contributed by atoms with van der Waals surface area (Å²) in [5.41, 5.74) is 0.403. The van der Waals surface area contributed by atoms with Gasteiger partial charge in [0.15, 0.2) is 0 Å². The molecule has 0 unspecified atom stereocenters. The molecule has 6 nitrogen and oxygen atoms in total. The van der Waals surface area contributed by atoms with Crippen LogP contribution in [0.4, 0.5) is 5.69 Å². The summed E-state index contributed by atoms with van der Waals surface area (Å²) >= 11 is 1.39. The van der Waals surface area contributed by atoms with Crippen molar-refractivity contribution in [3.63, 3.8) is 0 Å². The zero-order chi connectivity index (χ0) is 18.3. The van der Waals surface area contributed by atoms with Gasteiger partial charge in [0.1, 0.15) is 0 Å². The van der Waals surface area contributed by atoms with Gasteiger partial charge in [-0.25, -0.2) is 0 Å². The highest BCUT2D eigenvalue weighted by atomic mass is 32.2. The number of rotatable bonds is 6. The number of thioether (sulfide) groups is 1. The number of anilines is 1. The molecule has 24 heavy (non-hydrogen) atoms. The molecular weight excluding hydrogens is 326 g/mol. The van der Waals surface area contributed by atoms with E-state index in [1.54, 1.807) is 19.2 Å². The van der Waals surface area contributed by atoms with Crippen LogP contribution in [0.15, 0.2) is 29.2 Å². The number of carbonyl (C=O) groups is 3. The average molecular weight is 351 g/mol. The first-order chi connectivity index (χ1) is 11.1. The van der Waals surface area contributed by atoms with Gasteiger partial charge in [0.25, 0.3) is 0 Å². The Labute approximate surface area is 147 Å². The number of hydrogen-bond donors (Lipinski definition) is 2. The molecular formula is C17H25N3O3S. The molecule has 0 fully saturated rings. The van der Waals surface area contributed by atoms with E-state index < -0.39 is 0 Å². The van der Waals surface area contributed by atoms with Crippen molar-refractivity contribution in [3.8, 4) is 0 Å². The van der Waals surface area contributed by atoms with Crippen molar-refractivity contribution in [2.75, 3.05) is 24.7 Å². The molecule has 0 aliphatic carbocycles. The fourth-order valence-corrected chi connectivity index (χ4v) is 2.69. The van der Waals surface area contributed by atoms with Gasteiger partial charge in [0.05, 0.1) is 12.3 Å². The highest BCUT2D eigenvalue weighted by Gasteiger charge is 2.17. The summed E-state index contributed by atoms with van der Waals surface area (Å²) in [6, 6.07) is 7.26. The summed E-state index contributed by atoms with van der Waals surface area (Å²) in [5.74, 6) is -0.169. The van der Waals surface area contributed by atoms with E-state index in [0.29, 0.717) is 5.69 Å². The van der Waals surface area contributed by atoms with E-state index in [0.717, 1.165) is 4.90 Å². The van der Waals surface area contributed by atoms with Gasteiger partial charge in [-0.1, -0.05) is 0 Å². The third kappa shape index (κ3) is 8.01. The van der Waals surface area contributed by atoms with Gasteiger partial charge in [-0.15, -0.1) is 11.8 Å². The van der Waals surface area contributed by atoms with E-state index in [1.807, 2.05) is 32.9 Å². The molecule has 7 heteroatoms. The summed E-state index contributed by atoms with van der Waals surface area (Å²) < 4.78 is 0.